The lowest BCUT2D eigenvalue weighted by Crippen LogP contribution is -2.11. The van der Waals surface area contributed by atoms with E-state index in [9.17, 15) is 0 Å². The number of rotatable bonds is 7. The molecule has 0 atom stereocenters. The first kappa shape index (κ1) is 15.0. The van der Waals surface area contributed by atoms with E-state index >= 15 is 0 Å². The van der Waals surface area contributed by atoms with E-state index in [1.54, 1.807) is 7.11 Å². The Hall–Kier alpha value is -0.0400. The number of imidazole rings is 1. The van der Waals surface area contributed by atoms with Crippen LogP contribution in [-0.2, 0) is 22.8 Å². The summed E-state index contributed by atoms with van der Waals surface area (Å²) in [4.78, 5) is 4.31. The maximum atomic E-state index is 5.66. The number of hydrogen-bond donors (Lipinski definition) is 0. The van der Waals surface area contributed by atoms with Crippen molar-refractivity contribution in [2.75, 3.05) is 38.2 Å². The number of methoxy groups -OCH3 is 1. The summed E-state index contributed by atoms with van der Waals surface area (Å²) in [7, 11) is 1.19. The number of hydrogen-bond acceptors (Lipinski definition) is 3. The quantitative estimate of drug-likeness (QED) is 0.723. The van der Waals surface area contributed by atoms with E-state index in [0.717, 1.165) is 22.8 Å². The molecule has 0 saturated carbocycles. The SMILES string of the molecule is COCc1nc(Br)cn1COCCS(C)(C)C. The molecule has 17 heavy (non-hydrogen) atoms. The van der Waals surface area contributed by atoms with Gasteiger partial charge in [-0.2, -0.15) is 0 Å². The van der Waals surface area contributed by atoms with E-state index in [-0.39, 0.29) is 0 Å². The minimum absolute atomic E-state index is 0.478. The van der Waals surface area contributed by atoms with Crippen molar-refractivity contribution >= 4 is 26.0 Å². The lowest BCUT2D eigenvalue weighted by molar-refractivity contribution is 0.0809. The number of ether oxygens (including phenoxy) is 2. The molecule has 4 nitrogen and oxygen atoms in total. The summed E-state index contributed by atoms with van der Waals surface area (Å²) in [5.74, 6) is 2.00. The summed E-state index contributed by atoms with van der Waals surface area (Å²) in [5.41, 5.74) is 0. The Labute approximate surface area is 113 Å². The van der Waals surface area contributed by atoms with Crippen molar-refractivity contribution in [1.29, 1.82) is 0 Å². The van der Waals surface area contributed by atoms with Crippen LogP contribution >= 0.6 is 26.0 Å². The lowest BCUT2D eigenvalue weighted by Gasteiger charge is -2.24. The van der Waals surface area contributed by atoms with Crippen LogP contribution in [0, 0.1) is 0 Å². The molecule has 0 aliphatic heterocycles. The van der Waals surface area contributed by atoms with Gasteiger partial charge in [0.1, 0.15) is 23.8 Å². The Morgan fingerprint density at radius 1 is 1.41 bits per heavy atom. The van der Waals surface area contributed by atoms with Gasteiger partial charge in [0.25, 0.3) is 0 Å². The van der Waals surface area contributed by atoms with Gasteiger partial charge in [0.05, 0.1) is 6.61 Å². The third-order valence-electron chi connectivity index (χ3n) is 2.17. The largest absolute Gasteiger partial charge is 0.377 e. The molecule has 100 valence electrons. The Kier molecular flexibility index (Phi) is 5.99. The van der Waals surface area contributed by atoms with Crippen LogP contribution in [0.15, 0.2) is 10.8 Å². The Balaban J connectivity index is 2.40. The molecule has 1 rings (SSSR count). The first-order chi connectivity index (χ1) is 7.92. The molecule has 0 spiro atoms. The van der Waals surface area contributed by atoms with E-state index < -0.39 is 10.0 Å². The Morgan fingerprint density at radius 2 is 2.12 bits per heavy atom. The molecule has 0 unspecified atom stereocenters. The molecule has 0 fully saturated rings. The maximum Gasteiger partial charge on any atom is 0.138 e. The summed E-state index contributed by atoms with van der Waals surface area (Å²) >= 11 is 3.35. The fraction of sp³-hybridized carbons (Fsp3) is 0.727. The van der Waals surface area contributed by atoms with Crippen molar-refractivity contribution in [3.63, 3.8) is 0 Å². The van der Waals surface area contributed by atoms with Gasteiger partial charge in [-0.1, -0.05) is 0 Å². The molecule has 0 saturated heterocycles. The number of nitrogens with zero attached hydrogens (tertiary/aromatic N) is 2. The van der Waals surface area contributed by atoms with E-state index in [4.69, 9.17) is 9.47 Å². The van der Waals surface area contributed by atoms with Gasteiger partial charge in [0, 0.05) is 19.1 Å². The monoisotopic (exact) mass is 324 g/mol. The van der Waals surface area contributed by atoms with Crippen LogP contribution in [0.2, 0.25) is 0 Å². The molecular formula is C11H21BrN2O2S. The van der Waals surface area contributed by atoms with E-state index in [1.807, 2.05) is 10.8 Å². The summed E-state index contributed by atoms with van der Waals surface area (Å²) in [6, 6.07) is 0. The molecule has 1 heterocycles. The molecule has 0 aliphatic rings. The molecule has 0 radical (unpaired) electrons. The first-order valence-electron chi connectivity index (χ1n) is 5.36. The second-order valence-corrected chi connectivity index (χ2v) is 10.1. The minimum atomic E-state index is -0.478. The zero-order valence-electron chi connectivity index (χ0n) is 10.9. The van der Waals surface area contributed by atoms with Gasteiger partial charge in [-0.15, -0.1) is 0 Å². The second-order valence-electron chi connectivity index (χ2n) is 4.71. The first-order valence-corrected chi connectivity index (χ1v) is 9.18. The third-order valence-corrected chi connectivity index (χ3v) is 3.95. The number of halogens is 1. The van der Waals surface area contributed by atoms with Gasteiger partial charge in [-0.25, -0.2) is 15.0 Å². The van der Waals surface area contributed by atoms with Crippen LogP contribution in [0.5, 0.6) is 0 Å². The smallest absolute Gasteiger partial charge is 0.138 e. The predicted octanol–water partition coefficient (Wildman–Crippen LogP) is 2.46. The van der Waals surface area contributed by atoms with E-state index in [0.29, 0.717) is 13.3 Å². The standard InChI is InChI=1S/C11H21BrN2O2S/c1-15-8-11-13-10(12)7-14(11)9-16-5-6-17(2,3)4/h7H,5-6,8-9H2,1-4H3. The van der Waals surface area contributed by atoms with Crippen LogP contribution in [-0.4, -0.2) is 47.8 Å². The molecule has 0 aromatic carbocycles. The average Bonchev–Trinajstić information content (AvgIpc) is 2.53. The zero-order valence-corrected chi connectivity index (χ0v) is 13.3. The topological polar surface area (TPSA) is 36.3 Å². The lowest BCUT2D eigenvalue weighted by atomic mass is 10.6. The molecule has 1 aromatic heterocycles. The highest BCUT2D eigenvalue weighted by Gasteiger charge is 2.07. The van der Waals surface area contributed by atoms with E-state index in [1.165, 1.54) is 0 Å². The highest BCUT2D eigenvalue weighted by Crippen LogP contribution is 2.33. The van der Waals surface area contributed by atoms with Crippen LogP contribution in [0.1, 0.15) is 5.82 Å². The van der Waals surface area contributed by atoms with Crippen molar-refractivity contribution in [3.05, 3.63) is 16.6 Å². The van der Waals surface area contributed by atoms with Gasteiger partial charge in [0.2, 0.25) is 0 Å². The Morgan fingerprint density at radius 3 is 2.71 bits per heavy atom. The van der Waals surface area contributed by atoms with Crippen LogP contribution in [0.3, 0.4) is 0 Å². The average molecular weight is 325 g/mol. The second kappa shape index (κ2) is 6.78. The van der Waals surface area contributed by atoms with Gasteiger partial charge in [-0.3, -0.25) is 0 Å². The van der Waals surface area contributed by atoms with Crippen LogP contribution in [0.25, 0.3) is 0 Å². The van der Waals surface area contributed by atoms with Gasteiger partial charge < -0.3 is 14.0 Å². The number of aromatic nitrogens is 2. The molecule has 0 amide bonds. The van der Waals surface area contributed by atoms with Crippen molar-refractivity contribution in [2.45, 2.75) is 13.3 Å². The summed E-state index contributed by atoms with van der Waals surface area (Å²) in [6.45, 7) is 1.83. The summed E-state index contributed by atoms with van der Waals surface area (Å²) in [5, 5.41) is 0. The van der Waals surface area contributed by atoms with Crippen LogP contribution < -0.4 is 0 Å². The minimum Gasteiger partial charge on any atom is -0.377 e. The normalized spacial score (nSPS) is 13.0. The van der Waals surface area contributed by atoms with Crippen molar-refractivity contribution in [2.24, 2.45) is 0 Å². The fourth-order valence-electron chi connectivity index (χ4n) is 1.25. The fourth-order valence-corrected chi connectivity index (χ4v) is 2.32. The van der Waals surface area contributed by atoms with Crippen molar-refractivity contribution in [3.8, 4) is 0 Å². The molecule has 6 heteroatoms. The molecule has 0 bridgehead atoms. The summed E-state index contributed by atoms with van der Waals surface area (Å²) < 4.78 is 13.5. The maximum absolute atomic E-state index is 5.66. The van der Waals surface area contributed by atoms with Crippen molar-refractivity contribution in [1.82, 2.24) is 9.55 Å². The third kappa shape index (κ3) is 5.90. The zero-order chi connectivity index (χ0) is 12.9. The van der Waals surface area contributed by atoms with E-state index in [2.05, 4.69) is 39.7 Å². The van der Waals surface area contributed by atoms with Gasteiger partial charge in [-0.05, 0) is 34.7 Å². The van der Waals surface area contributed by atoms with Gasteiger partial charge in [0.15, 0.2) is 0 Å². The Bertz CT molecular complexity index is 350. The highest BCUT2D eigenvalue weighted by atomic mass is 79.9. The summed E-state index contributed by atoms with van der Waals surface area (Å²) in [6.07, 6.45) is 8.79. The molecule has 0 N–H and O–H groups in total. The van der Waals surface area contributed by atoms with Crippen LogP contribution in [0.4, 0.5) is 0 Å². The molecule has 1 aromatic rings. The predicted molar refractivity (Wildman–Crippen MR) is 76.8 cm³/mol. The van der Waals surface area contributed by atoms with Crippen molar-refractivity contribution < 1.29 is 9.47 Å². The van der Waals surface area contributed by atoms with Gasteiger partial charge >= 0.3 is 0 Å². The molecular weight excluding hydrogens is 304 g/mol. The highest BCUT2D eigenvalue weighted by molar-refractivity contribution is 9.10. The molecule has 0 aliphatic carbocycles.